The van der Waals surface area contributed by atoms with Crippen LogP contribution in [0.2, 0.25) is 0 Å². The van der Waals surface area contributed by atoms with Gasteiger partial charge in [-0.15, -0.1) is 0 Å². The topological polar surface area (TPSA) is 54.4 Å². The normalized spacial score (nSPS) is 11.9. The molecule has 0 aliphatic heterocycles. The molecular weight excluding hydrogens is 344 g/mol. The summed E-state index contributed by atoms with van der Waals surface area (Å²) in [6.45, 7) is 2.25. The van der Waals surface area contributed by atoms with E-state index in [1.165, 1.54) is 63.9 Å². The van der Waals surface area contributed by atoms with Crippen molar-refractivity contribution in [1.29, 1.82) is 0 Å². The van der Waals surface area contributed by atoms with Crippen LogP contribution in [0.5, 0.6) is 0 Å². The summed E-state index contributed by atoms with van der Waals surface area (Å²) in [6.07, 6.45) is 14.0. The van der Waals surface area contributed by atoms with Crippen LogP contribution in [0.15, 0.2) is 41.3 Å². The molecule has 2 aromatic carbocycles. The monoisotopic (exact) mass is 376 g/mol. The lowest BCUT2D eigenvalue weighted by Gasteiger charge is -2.08. The van der Waals surface area contributed by atoms with E-state index in [4.69, 9.17) is 0 Å². The lowest BCUT2D eigenvalue weighted by Crippen LogP contribution is -1.98. The first kappa shape index (κ1) is 20.9. The van der Waals surface area contributed by atoms with Crippen molar-refractivity contribution in [2.45, 2.75) is 82.4 Å². The first-order valence-electron chi connectivity index (χ1n) is 10.0. The second-order valence-corrected chi connectivity index (χ2v) is 8.63. The van der Waals surface area contributed by atoms with Crippen LogP contribution >= 0.6 is 0 Å². The van der Waals surface area contributed by atoms with Crippen LogP contribution in [-0.4, -0.2) is 13.0 Å². The molecule has 0 radical (unpaired) electrons. The number of benzene rings is 2. The third kappa shape index (κ3) is 6.73. The maximum Gasteiger partial charge on any atom is 0.294 e. The lowest BCUT2D eigenvalue weighted by atomic mass is 9.99. The smallest absolute Gasteiger partial charge is 0.282 e. The fourth-order valence-corrected chi connectivity index (χ4v) is 4.00. The van der Waals surface area contributed by atoms with Gasteiger partial charge >= 0.3 is 0 Å². The molecule has 0 saturated heterocycles. The first-order valence-corrected chi connectivity index (χ1v) is 11.5. The SMILES string of the molecule is CCCCCCCCCCCCc1cccc2ccc(S(=O)(=O)O)cc12. The molecule has 0 bridgehead atoms. The van der Waals surface area contributed by atoms with Crippen LogP contribution in [0.4, 0.5) is 0 Å². The van der Waals surface area contributed by atoms with Gasteiger partial charge in [0.15, 0.2) is 0 Å². The average Bonchev–Trinajstić information content (AvgIpc) is 2.62. The fraction of sp³-hybridized carbons (Fsp3) is 0.545. The molecule has 1 N–H and O–H groups in total. The minimum absolute atomic E-state index is 0.0273. The Morgan fingerprint density at radius 1 is 0.808 bits per heavy atom. The molecule has 0 unspecified atom stereocenters. The van der Waals surface area contributed by atoms with Gasteiger partial charge in [0.2, 0.25) is 0 Å². The Bertz CT molecular complexity index is 781. The van der Waals surface area contributed by atoms with E-state index in [9.17, 15) is 13.0 Å². The molecule has 0 aliphatic rings. The van der Waals surface area contributed by atoms with E-state index >= 15 is 0 Å². The van der Waals surface area contributed by atoms with E-state index in [-0.39, 0.29) is 4.90 Å². The van der Waals surface area contributed by atoms with Gasteiger partial charge in [-0.1, -0.05) is 89.0 Å². The van der Waals surface area contributed by atoms with Gasteiger partial charge in [0, 0.05) is 0 Å². The van der Waals surface area contributed by atoms with Gasteiger partial charge < -0.3 is 0 Å². The second-order valence-electron chi connectivity index (χ2n) is 7.21. The van der Waals surface area contributed by atoms with Crippen molar-refractivity contribution in [3.05, 3.63) is 42.0 Å². The summed E-state index contributed by atoms with van der Waals surface area (Å²) in [5.41, 5.74) is 1.16. The predicted octanol–water partition coefficient (Wildman–Crippen LogP) is 6.55. The number of rotatable bonds is 12. The number of unbranched alkanes of at least 4 members (excludes halogenated alkanes) is 9. The number of fused-ring (bicyclic) bond motifs is 1. The molecule has 2 aromatic rings. The highest BCUT2D eigenvalue weighted by molar-refractivity contribution is 7.85. The van der Waals surface area contributed by atoms with Crippen molar-refractivity contribution < 1.29 is 13.0 Å². The number of hydrogen-bond donors (Lipinski definition) is 1. The summed E-state index contributed by atoms with van der Waals surface area (Å²) >= 11 is 0. The molecule has 0 amide bonds. The van der Waals surface area contributed by atoms with Gasteiger partial charge in [-0.25, -0.2) is 0 Å². The zero-order valence-electron chi connectivity index (χ0n) is 15.9. The number of hydrogen-bond acceptors (Lipinski definition) is 2. The van der Waals surface area contributed by atoms with Crippen LogP contribution in [0, 0.1) is 0 Å². The van der Waals surface area contributed by atoms with Crippen molar-refractivity contribution in [2.75, 3.05) is 0 Å². The standard InChI is InChI=1S/C22H32O3S/c1-2-3-4-5-6-7-8-9-10-11-13-19-14-12-15-20-16-17-21(18-22(19)20)26(23,24)25/h12,14-18H,2-11,13H2,1H3,(H,23,24,25). The van der Waals surface area contributed by atoms with Crippen molar-refractivity contribution in [3.8, 4) is 0 Å². The van der Waals surface area contributed by atoms with E-state index < -0.39 is 10.1 Å². The van der Waals surface area contributed by atoms with E-state index in [1.807, 2.05) is 12.1 Å². The Morgan fingerprint density at radius 3 is 2.04 bits per heavy atom. The van der Waals surface area contributed by atoms with Crippen LogP contribution in [-0.2, 0) is 16.5 Å². The van der Waals surface area contributed by atoms with Crippen molar-refractivity contribution in [1.82, 2.24) is 0 Å². The third-order valence-electron chi connectivity index (χ3n) is 5.04. The average molecular weight is 377 g/mol. The van der Waals surface area contributed by atoms with Crippen LogP contribution < -0.4 is 0 Å². The van der Waals surface area contributed by atoms with Crippen molar-refractivity contribution in [2.24, 2.45) is 0 Å². The Morgan fingerprint density at radius 2 is 1.42 bits per heavy atom. The molecule has 144 valence electrons. The lowest BCUT2D eigenvalue weighted by molar-refractivity contribution is 0.483. The largest absolute Gasteiger partial charge is 0.294 e. The highest BCUT2D eigenvalue weighted by atomic mass is 32.2. The van der Waals surface area contributed by atoms with Crippen molar-refractivity contribution in [3.63, 3.8) is 0 Å². The molecule has 0 fully saturated rings. The summed E-state index contributed by atoms with van der Waals surface area (Å²) in [5, 5.41) is 1.94. The van der Waals surface area contributed by atoms with E-state index in [0.29, 0.717) is 0 Å². The van der Waals surface area contributed by atoms with Gasteiger partial charge in [-0.3, -0.25) is 4.55 Å². The highest BCUT2D eigenvalue weighted by Crippen LogP contribution is 2.24. The molecule has 2 rings (SSSR count). The summed E-state index contributed by atoms with van der Waals surface area (Å²) in [6, 6.07) is 10.9. The summed E-state index contributed by atoms with van der Waals surface area (Å²) < 4.78 is 32.1. The molecule has 3 nitrogen and oxygen atoms in total. The predicted molar refractivity (Wildman–Crippen MR) is 109 cm³/mol. The quantitative estimate of drug-likeness (QED) is 0.337. The molecule has 26 heavy (non-hydrogen) atoms. The zero-order valence-corrected chi connectivity index (χ0v) is 16.7. The molecule has 0 aliphatic carbocycles. The first-order chi connectivity index (χ1) is 12.5. The number of aryl methyl sites for hydroxylation is 1. The summed E-state index contributed by atoms with van der Waals surface area (Å²) in [7, 11) is -4.16. The van der Waals surface area contributed by atoms with Crippen LogP contribution in [0.25, 0.3) is 10.8 Å². The molecular formula is C22H32O3S. The van der Waals surface area contributed by atoms with Crippen molar-refractivity contribution >= 4 is 20.9 Å². The Kier molecular flexibility index (Phi) is 8.60. The Balaban J connectivity index is 1.80. The van der Waals surface area contributed by atoms with Gasteiger partial charge in [-0.2, -0.15) is 8.42 Å². The Hall–Kier alpha value is -1.39. The molecule has 0 aromatic heterocycles. The highest BCUT2D eigenvalue weighted by Gasteiger charge is 2.11. The summed E-state index contributed by atoms with van der Waals surface area (Å²) in [4.78, 5) is -0.0273. The van der Waals surface area contributed by atoms with Crippen LogP contribution in [0.3, 0.4) is 0 Å². The molecule has 0 atom stereocenters. The second kappa shape index (κ2) is 10.7. The van der Waals surface area contributed by atoms with E-state index in [1.54, 1.807) is 12.1 Å². The molecule has 0 spiro atoms. The molecule has 4 heteroatoms. The molecule has 0 heterocycles. The van der Waals surface area contributed by atoms with Gasteiger partial charge in [0.1, 0.15) is 0 Å². The molecule has 0 saturated carbocycles. The van der Waals surface area contributed by atoms with Crippen LogP contribution in [0.1, 0.15) is 76.7 Å². The van der Waals surface area contributed by atoms with E-state index in [2.05, 4.69) is 13.0 Å². The minimum atomic E-state index is -4.16. The van der Waals surface area contributed by atoms with Gasteiger partial charge in [0.25, 0.3) is 10.1 Å². The van der Waals surface area contributed by atoms with Gasteiger partial charge in [-0.05, 0) is 41.3 Å². The third-order valence-corrected chi connectivity index (χ3v) is 5.89. The zero-order chi connectivity index (χ0) is 18.8. The maximum absolute atomic E-state index is 11.4. The summed E-state index contributed by atoms with van der Waals surface area (Å²) in [5.74, 6) is 0. The fourth-order valence-electron chi connectivity index (χ4n) is 3.50. The minimum Gasteiger partial charge on any atom is -0.282 e. The maximum atomic E-state index is 11.4. The van der Waals surface area contributed by atoms with E-state index in [0.717, 1.165) is 29.2 Å². The Labute approximate surface area is 158 Å². The van der Waals surface area contributed by atoms with Gasteiger partial charge in [0.05, 0.1) is 4.90 Å².